The van der Waals surface area contributed by atoms with Gasteiger partial charge < -0.3 is 4.90 Å². The number of hydrogen-bond acceptors (Lipinski definition) is 4. The summed E-state index contributed by atoms with van der Waals surface area (Å²) in [7, 11) is 0. The maximum Gasteiger partial charge on any atom is 0.228 e. The number of rotatable bonds is 2. The molecule has 0 radical (unpaired) electrons. The monoisotopic (exact) mass is 300 g/mol. The Morgan fingerprint density at radius 1 is 1.38 bits per heavy atom. The van der Waals surface area contributed by atoms with Gasteiger partial charge in [0, 0.05) is 36.2 Å². The van der Waals surface area contributed by atoms with Gasteiger partial charge in [0.1, 0.15) is 0 Å². The van der Waals surface area contributed by atoms with E-state index in [-0.39, 0.29) is 16.3 Å². The summed E-state index contributed by atoms with van der Waals surface area (Å²) in [4.78, 5) is 29.8. The van der Waals surface area contributed by atoms with Gasteiger partial charge in [0.25, 0.3) is 0 Å². The van der Waals surface area contributed by atoms with Crippen LogP contribution in [-0.4, -0.2) is 27.8 Å². The van der Waals surface area contributed by atoms with Crippen LogP contribution in [0.25, 0.3) is 10.9 Å². The Morgan fingerprint density at radius 2 is 2.14 bits per heavy atom. The first-order chi connectivity index (χ1) is 10.0. The lowest BCUT2D eigenvalue weighted by Crippen LogP contribution is -2.25. The van der Waals surface area contributed by atoms with Gasteiger partial charge >= 0.3 is 0 Å². The number of anilines is 1. The Hall–Kier alpha value is -1.88. The molecule has 5 heteroatoms. The number of aryl methyl sites for hydroxylation is 1. The number of carbonyl (C=O) groups excluding carboxylic acids is 2. The van der Waals surface area contributed by atoms with E-state index >= 15 is 0 Å². The van der Waals surface area contributed by atoms with E-state index in [0.29, 0.717) is 13.0 Å². The fourth-order valence-electron chi connectivity index (χ4n) is 2.73. The van der Waals surface area contributed by atoms with Crippen molar-refractivity contribution in [2.75, 3.05) is 11.4 Å². The summed E-state index contributed by atoms with van der Waals surface area (Å²) in [5, 5.41) is 1.08. The Bertz CT molecular complexity index is 729. The molecule has 0 spiro atoms. The second-order valence-electron chi connectivity index (χ2n) is 5.24. The number of aromatic nitrogens is 1. The van der Waals surface area contributed by atoms with Gasteiger partial charge in [-0.15, -0.1) is 0 Å². The van der Waals surface area contributed by atoms with Crippen molar-refractivity contribution in [3.63, 3.8) is 0 Å². The van der Waals surface area contributed by atoms with Gasteiger partial charge in [0.2, 0.25) is 5.91 Å². The highest BCUT2D eigenvalue weighted by molar-refractivity contribution is 8.14. The molecule has 1 aromatic heterocycles. The van der Waals surface area contributed by atoms with Crippen molar-refractivity contribution in [2.24, 2.45) is 0 Å². The summed E-state index contributed by atoms with van der Waals surface area (Å²) >= 11 is 1.26. The van der Waals surface area contributed by atoms with Gasteiger partial charge in [-0.05, 0) is 19.1 Å². The minimum atomic E-state index is 0.0437. The number of thioether (sulfide) groups is 1. The Labute approximate surface area is 127 Å². The van der Waals surface area contributed by atoms with Crippen LogP contribution in [0.1, 0.15) is 19.0 Å². The summed E-state index contributed by atoms with van der Waals surface area (Å²) in [6, 6.07) is 9.77. The average Bonchev–Trinajstić information content (AvgIpc) is 2.77. The van der Waals surface area contributed by atoms with E-state index in [2.05, 4.69) is 4.98 Å². The molecule has 1 atom stereocenters. The summed E-state index contributed by atoms with van der Waals surface area (Å²) in [6.07, 6.45) is 0.417. The van der Waals surface area contributed by atoms with Gasteiger partial charge in [-0.25, -0.2) is 0 Å². The first kappa shape index (κ1) is 14.1. The number of benzene rings is 1. The number of amides is 1. The summed E-state index contributed by atoms with van der Waals surface area (Å²) in [5.41, 5.74) is 2.68. The van der Waals surface area contributed by atoms with E-state index < -0.39 is 0 Å². The number of para-hydroxylation sites is 1. The summed E-state index contributed by atoms with van der Waals surface area (Å²) in [6.45, 7) is 4.05. The standard InChI is InChI=1S/C16H16N2O2S/c1-10-7-15(13-5-3-4-6-14(13)17-10)18-9-12(8-16(18)20)21-11(2)19/h3-7,12H,8-9H2,1-2H3. The van der Waals surface area contributed by atoms with Crippen LogP contribution in [0.15, 0.2) is 30.3 Å². The third-order valence-corrected chi connectivity index (χ3v) is 4.52. The molecule has 1 fully saturated rings. The lowest BCUT2D eigenvalue weighted by Gasteiger charge is -2.19. The van der Waals surface area contributed by atoms with Crippen molar-refractivity contribution >= 4 is 39.4 Å². The van der Waals surface area contributed by atoms with E-state index in [9.17, 15) is 9.59 Å². The Kier molecular flexibility index (Phi) is 3.68. The van der Waals surface area contributed by atoms with E-state index in [1.54, 1.807) is 11.8 Å². The minimum absolute atomic E-state index is 0.0437. The Balaban J connectivity index is 2.00. The predicted molar refractivity (Wildman–Crippen MR) is 85.5 cm³/mol. The van der Waals surface area contributed by atoms with Crippen LogP contribution < -0.4 is 4.90 Å². The molecule has 0 N–H and O–H groups in total. The molecular weight excluding hydrogens is 284 g/mol. The van der Waals surface area contributed by atoms with Gasteiger partial charge in [-0.3, -0.25) is 14.6 Å². The summed E-state index contributed by atoms with van der Waals surface area (Å²) in [5.74, 6) is 0.0736. The van der Waals surface area contributed by atoms with Crippen LogP contribution in [0.2, 0.25) is 0 Å². The SMILES string of the molecule is CC(=O)SC1CC(=O)N(c2cc(C)nc3ccccc23)C1. The van der Waals surface area contributed by atoms with Gasteiger partial charge in [-0.1, -0.05) is 30.0 Å². The molecule has 2 heterocycles. The molecule has 0 bridgehead atoms. The number of hydrogen-bond donors (Lipinski definition) is 0. The maximum absolute atomic E-state index is 12.3. The average molecular weight is 300 g/mol. The van der Waals surface area contributed by atoms with E-state index in [1.807, 2.05) is 37.3 Å². The second kappa shape index (κ2) is 5.48. The van der Waals surface area contributed by atoms with Crippen molar-refractivity contribution in [3.8, 4) is 0 Å². The topological polar surface area (TPSA) is 50.3 Å². The molecule has 0 aliphatic carbocycles. The predicted octanol–water partition coefficient (Wildman–Crippen LogP) is 2.93. The first-order valence-electron chi connectivity index (χ1n) is 6.88. The number of fused-ring (bicyclic) bond motifs is 1. The van der Waals surface area contributed by atoms with Crippen LogP contribution in [0, 0.1) is 6.92 Å². The van der Waals surface area contributed by atoms with E-state index in [4.69, 9.17) is 0 Å². The maximum atomic E-state index is 12.3. The number of carbonyl (C=O) groups is 2. The molecule has 21 heavy (non-hydrogen) atoms. The minimum Gasteiger partial charge on any atom is -0.310 e. The second-order valence-corrected chi connectivity index (χ2v) is 6.72. The molecule has 1 aliphatic rings. The molecular formula is C16H16N2O2S. The van der Waals surface area contributed by atoms with Crippen molar-refractivity contribution in [1.82, 2.24) is 4.98 Å². The first-order valence-corrected chi connectivity index (χ1v) is 7.76. The third kappa shape index (κ3) is 2.78. The quantitative estimate of drug-likeness (QED) is 0.855. The zero-order chi connectivity index (χ0) is 15.0. The van der Waals surface area contributed by atoms with Gasteiger partial charge in [0.15, 0.2) is 5.12 Å². The molecule has 1 aliphatic heterocycles. The van der Waals surface area contributed by atoms with Crippen molar-refractivity contribution < 1.29 is 9.59 Å². The molecule has 4 nitrogen and oxygen atoms in total. The zero-order valence-corrected chi connectivity index (χ0v) is 12.8. The highest BCUT2D eigenvalue weighted by Gasteiger charge is 2.32. The third-order valence-electron chi connectivity index (χ3n) is 3.54. The summed E-state index contributed by atoms with van der Waals surface area (Å²) < 4.78 is 0. The Morgan fingerprint density at radius 3 is 2.90 bits per heavy atom. The molecule has 1 amide bonds. The molecule has 1 unspecified atom stereocenters. The fourth-order valence-corrected chi connectivity index (χ4v) is 3.65. The van der Waals surface area contributed by atoms with Gasteiger partial charge in [0.05, 0.1) is 11.2 Å². The van der Waals surface area contributed by atoms with Gasteiger partial charge in [-0.2, -0.15) is 0 Å². The molecule has 0 saturated carbocycles. The number of pyridine rings is 1. The molecule has 108 valence electrons. The van der Waals surface area contributed by atoms with Crippen LogP contribution in [0.4, 0.5) is 5.69 Å². The van der Waals surface area contributed by atoms with Crippen LogP contribution in [-0.2, 0) is 9.59 Å². The van der Waals surface area contributed by atoms with Crippen molar-refractivity contribution in [3.05, 3.63) is 36.0 Å². The lowest BCUT2D eigenvalue weighted by molar-refractivity contribution is -0.117. The molecule has 3 rings (SSSR count). The van der Waals surface area contributed by atoms with Crippen LogP contribution in [0.3, 0.4) is 0 Å². The smallest absolute Gasteiger partial charge is 0.228 e. The lowest BCUT2D eigenvalue weighted by atomic mass is 10.1. The largest absolute Gasteiger partial charge is 0.310 e. The number of nitrogens with zero attached hydrogens (tertiary/aromatic N) is 2. The van der Waals surface area contributed by atoms with Crippen molar-refractivity contribution in [1.29, 1.82) is 0 Å². The van der Waals surface area contributed by atoms with Crippen LogP contribution >= 0.6 is 11.8 Å². The van der Waals surface area contributed by atoms with Crippen LogP contribution in [0.5, 0.6) is 0 Å². The normalized spacial score (nSPS) is 18.5. The molecule has 1 saturated heterocycles. The highest BCUT2D eigenvalue weighted by atomic mass is 32.2. The van der Waals surface area contributed by atoms with E-state index in [0.717, 1.165) is 22.3 Å². The molecule has 1 aromatic carbocycles. The van der Waals surface area contributed by atoms with E-state index in [1.165, 1.54) is 11.8 Å². The zero-order valence-electron chi connectivity index (χ0n) is 12.0. The fraction of sp³-hybridized carbons (Fsp3) is 0.312. The molecule has 2 aromatic rings. The van der Waals surface area contributed by atoms with Crippen molar-refractivity contribution in [2.45, 2.75) is 25.5 Å². The highest BCUT2D eigenvalue weighted by Crippen LogP contribution is 2.33.